The van der Waals surface area contributed by atoms with Gasteiger partial charge in [-0.15, -0.1) is 15.3 Å². The van der Waals surface area contributed by atoms with E-state index in [1.165, 1.54) is 61.1 Å². The molecule has 35 nitrogen and oxygen atoms in total. The molecule has 9 N–H and O–H groups in total. The number of nitriles is 1. The third-order valence-corrected chi connectivity index (χ3v) is 22.3. The van der Waals surface area contributed by atoms with Crippen LogP contribution in [0.5, 0.6) is 5.88 Å². The van der Waals surface area contributed by atoms with Crippen LogP contribution < -0.4 is 27.5 Å². The lowest BCUT2D eigenvalue weighted by molar-refractivity contribution is -0.141. The molecule has 2 fully saturated rings. The monoisotopic (exact) mass is 1860 g/mol. The van der Waals surface area contributed by atoms with E-state index in [2.05, 4.69) is 119 Å². The minimum absolute atomic E-state index is 0.0141. The molecule has 135 heavy (non-hydrogen) atoms. The van der Waals surface area contributed by atoms with Gasteiger partial charge in [-0.3, -0.25) is 42.9 Å². The van der Waals surface area contributed by atoms with Crippen molar-refractivity contribution in [1.82, 2.24) is 64.9 Å². The van der Waals surface area contributed by atoms with Crippen LogP contribution in [-0.2, 0) is 43.4 Å². The Hall–Kier alpha value is -15.8. The number of anilines is 3. The summed E-state index contributed by atoms with van der Waals surface area (Å²) in [6.45, 7) is 19.8. The van der Waals surface area contributed by atoms with Gasteiger partial charge in [-0.25, -0.2) is 24.6 Å². The zero-order valence-electron chi connectivity index (χ0n) is 75.6. The summed E-state index contributed by atoms with van der Waals surface area (Å²) in [5, 5.41) is 65.1. The summed E-state index contributed by atoms with van der Waals surface area (Å²) in [7, 11) is 1.30. The Morgan fingerprint density at radius 1 is 0.741 bits per heavy atom. The number of nitrogens with two attached hydrogens (primary N) is 2. The number of aromatic hydroxyl groups is 1. The molecule has 0 saturated carbocycles. The number of ether oxygens (including phenoxy) is 2. The van der Waals surface area contributed by atoms with Gasteiger partial charge in [0.25, 0.3) is 29.5 Å². The van der Waals surface area contributed by atoms with Crippen molar-refractivity contribution in [3.8, 4) is 46.0 Å². The van der Waals surface area contributed by atoms with Gasteiger partial charge in [-0.05, 0) is 207 Å². The number of thiocarbonyl (C=S) groups is 1. The lowest BCUT2D eigenvalue weighted by Crippen LogP contribution is -2.44. The highest BCUT2D eigenvalue weighted by molar-refractivity contribution is 7.80. The summed E-state index contributed by atoms with van der Waals surface area (Å²) in [6, 6.07) is 58.0. The molecule has 6 aromatic carbocycles. The molecule has 3 aliphatic heterocycles. The molecule has 10 heterocycles. The predicted molar refractivity (Wildman–Crippen MR) is 512 cm³/mol. The molecular weight excluding hydrogens is 1760 g/mol. The summed E-state index contributed by atoms with van der Waals surface area (Å²) < 4.78 is 35.6. The highest BCUT2D eigenvalue weighted by atomic mass is 35.5. The number of hydrazone groups is 1. The van der Waals surface area contributed by atoms with Crippen molar-refractivity contribution in [3.05, 3.63) is 285 Å². The van der Waals surface area contributed by atoms with Crippen LogP contribution in [0.15, 0.2) is 256 Å². The number of hydrogen-bond acceptors (Lipinski definition) is 27. The van der Waals surface area contributed by atoms with E-state index in [0.717, 1.165) is 71.7 Å². The van der Waals surface area contributed by atoms with Crippen LogP contribution in [-0.4, -0.2) is 170 Å². The molecule has 13 aromatic rings. The Kier molecular flexibility index (Phi) is 34.0. The molecule has 0 aliphatic carbocycles. The van der Waals surface area contributed by atoms with Crippen molar-refractivity contribution >= 4 is 123 Å². The number of furan rings is 3. The fourth-order valence-electron chi connectivity index (χ4n) is 15.2. The van der Waals surface area contributed by atoms with Crippen molar-refractivity contribution < 1.29 is 71.1 Å². The first kappa shape index (κ1) is 98.2. The number of imidazole rings is 1. The first-order valence-corrected chi connectivity index (χ1v) is 44.1. The van der Waals surface area contributed by atoms with E-state index >= 15 is 0 Å². The third kappa shape index (κ3) is 24.9. The molecule has 37 heteroatoms. The number of para-hydroxylation sites is 3. The number of piperidine rings is 2. The lowest BCUT2D eigenvalue weighted by atomic mass is 9.92. The first-order valence-electron chi connectivity index (χ1n) is 43.3. The molecule has 2 saturated heterocycles. The number of methoxy groups -OCH3 is 1. The smallest absolute Gasteiger partial charge is 0.359 e. The van der Waals surface area contributed by atoms with Gasteiger partial charge in [0.15, 0.2) is 22.9 Å². The number of likely N-dealkylation sites (tertiary alicyclic amines) is 2. The Morgan fingerprint density at radius 3 is 2.07 bits per heavy atom. The maximum absolute atomic E-state index is 12.9. The quantitative estimate of drug-likeness (QED) is 0.00595. The number of rotatable bonds is 23. The molecule has 3 aliphatic rings. The highest BCUT2D eigenvalue weighted by Crippen LogP contribution is 2.41. The summed E-state index contributed by atoms with van der Waals surface area (Å²) in [5.41, 5.74) is 22.6. The van der Waals surface area contributed by atoms with Crippen LogP contribution in [0.25, 0.3) is 57.1 Å². The summed E-state index contributed by atoms with van der Waals surface area (Å²) in [5.74, 6) is 1.47. The van der Waals surface area contributed by atoms with Crippen molar-refractivity contribution in [1.29, 1.82) is 5.26 Å². The molecular formula is C98H101ClN20O15S. The van der Waals surface area contributed by atoms with E-state index in [0.29, 0.717) is 106 Å². The topological polar surface area (TPSA) is 469 Å². The Balaban J connectivity index is 0.000000154. The van der Waals surface area contributed by atoms with Gasteiger partial charge in [0.05, 0.1) is 57.1 Å². The van der Waals surface area contributed by atoms with E-state index in [4.69, 9.17) is 63.1 Å². The number of esters is 2. The zero-order valence-corrected chi connectivity index (χ0v) is 77.1. The lowest BCUT2D eigenvalue weighted by Gasteiger charge is -2.35. The first-order chi connectivity index (χ1) is 65.2. The maximum Gasteiger partial charge on any atom is 0.359 e. The summed E-state index contributed by atoms with van der Waals surface area (Å²) >= 11 is 11.4. The van der Waals surface area contributed by atoms with Crippen LogP contribution in [0.3, 0.4) is 0 Å². The second-order valence-corrected chi connectivity index (χ2v) is 32.4. The van der Waals surface area contributed by atoms with Crippen LogP contribution >= 0.6 is 23.8 Å². The number of nitrogens with zero attached hydrogens (tertiary/aromatic N) is 15. The number of benzene rings is 6. The van der Waals surface area contributed by atoms with Crippen molar-refractivity contribution in [2.45, 2.75) is 94.2 Å². The SMILES string of the molecule is CC1CCN(C(=O)/C(=C\c2ccco2)NC(=O)c2ccc(Cl)cc2)CC1.CCOC(=O)c1c(N)ncn1-c1ccccc1.CCc1cccc(CC)c1NC(=S)N=Nc1c(O)n(CN2CC(C)CC(C)C2)c2ccccc12.COC(=O)c1cccc(-c2ccc(/C=C3\C(=O)N(CCO)C(=O)C(C#N)=C3C)o2)c1.Cc1ccc(/C=N/NC(=O)c2nnn(-c3nonc3N)c2-c2ccccc2)o1. The van der Waals surface area contributed by atoms with Crippen LogP contribution in [0.1, 0.15) is 144 Å². The molecule has 0 spiro atoms. The number of β-amino-alcohol motifs (C(OH)–C–C–N with tert-alkyl or cyclic N) is 1. The van der Waals surface area contributed by atoms with E-state index < -0.39 is 36.3 Å². The molecule has 696 valence electrons. The standard InChI is InChI=1S/C27H35N5OS.C22H18N2O6.C20H21ClN2O3.C17H14N8O3.C12H13N3O2/c1-5-20-10-9-11-21(6-2)24(20)28-27(34)30-29-25-22-12-7-8-13-23(22)32(26(25)33)17-31-15-18(3)14-19(4)16-31;1-13-17(20(26)24(8-9-25)21(27)18(13)12-23)11-16-6-7-19(30-16)14-4-3-5-15(10-14)22(28)29-2;1-14-8-10-23(11-9-14)20(25)18(13-17-3-2-12-26-17)22-19(24)15-4-6-16(21)7-5-15;1-10-7-8-12(27-10)9-19-21-17(26)13-14(11-5-3-2-4-6-11)25(24-20-13)16-15(18)22-28-23-16;1-2-17-12(16)10-11(13)14-8-15(10)9-6-4-3-5-7-9/h7-13,18-19,33H,5-6,14-17H2,1-4H3,(H,28,34);3-7,10-11,25H,8-9H2,1-2H3;2-7,12-14H,8-11H2,1H3,(H,22,24);2-9H,1H3,(H2,18,22)(H,21,26);3-8H,2,13H2,1H3/b;17-11-;18-13+;19-9+;. The number of aryl methyl sites for hydroxylation is 3. The van der Waals surface area contributed by atoms with Gasteiger partial charge in [-0.2, -0.15) is 15.0 Å². The van der Waals surface area contributed by atoms with Crippen molar-refractivity contribution in [3.63, 3.8) is 0 Å². The van der Waals surface area contributed by atoms with Crippen molar-refractivity contribution in [2.24, 2.45) is 33.1 Å². The number of aliphatic hydroxyl groups is 1. The number of carbonyl (C=O) groups excluding carboxylic acids is 7. The Morgan fingerprint density at radius 2 is 1.42 bits per heavy atom. The minimum Gasteiger partial charge on any atom is -0.493 e. The number of halogens is 1. The third-order valence-electron chi connectivity index (χ3n) is 21.8. The number of amides is 5. The summed E-state index contributed by atoms with van der Waals surface area (Å²) in [4.78, 5) is 95.6. The molecule has 0 radical (unpaired) electrons. The number of nitrogen functional groups attached to an aromatic ring is 2. The highest BCUT2D eigenvalue weighted by Gasteiger charge is 2.36. The van der Waals surface area contributed by atoms with E-state index in [-0.39, 0.29) is 80.6 Å². The Labute approximate surface area is 787 Å². The number of imide groups is 1. The van der Waals surface area contributed by atoms with Gasteiger partial charge >= 0.3 is 11.9 Å². The van der Waals surface area contributed by atoms with Gasteiger partial charge in [0, 0.05) is 76.3 Å². The molecule has 2 atom stereocenters. The van der Waals surface area contributed by atoms with E-state index in [1.54, 1.807) is 120 Å². The van der Waals surface area contributed by atoms with E-state index in [1.807, 2.05) is 90.4 Å². The van der Waals surface area contributed by atoms with E-state index in [9.17, 15) is 43.9 Å². The average Bonchev–Trinajstić information content (AvgIpc) is 1.67. The number of carbonyl (C=O) groups is 7. The number of nitrogens with one attached hydrogen (secondary N) is 3. The number of azo groups is 1. The van der Waals surface area contributed by atoms with Gasteiger partial charge < -0.3 is 59.9 Å². The zero-order chi connectivity index (χ0) is 96.4. The summed E-state index contributed by atoms with van der Waals surface area (Å²) in [6.07, 6.45) is 12.4. The number of hydrogen-bond donors (Lipinski definition) is 7. The second-order valence-electron chi connectivity index (χ2n) is 31.6. The largest absolute Gasteiger partial charge is 0.493 e. The van der Waals surface area contributed by atoms with Crippen LogP contribution in [0.2, 0.25) is 5.02 Å². The predicted octanol–water partition coefficient (Wildman–Crippen LogP) is 16.4. The normalized spacial score (nSPS) is 14.9. The molecule has 7 aromatic heterocycles. The van der Waals surface area contributed by atoms with Crippen LogP contribution in [0.4, 0.5) is 23.0 Å². The molecule has 2 unspecified atom stereocenters. The number of fused-ring (bicyclic) bond motifs is 1. The number of aliphatic hydroxyl groups excluding tert-OH is 1. The van der Waals surface area contributed by atoms with Gasteiger partial charge in [0.2, 0.25) is 22.6 Å². The fraction of sp³-hybridized carbons (Fsp3) is 0.255. The fourth-order valence-corrected chi connectivity index (χ4v) is 15.5. The average molecular weight is 1870 g/mol. The molecule has 0 bridgehead atoms. The van der Waals surface area contributed by atoms with Gasteiger partial charge in [-0.1, -0.05) is 148 Å². The second kappa shape index (κ2) is 46.8. The molecule has 5 amide bonds. The maximum atomic E-state index is 12.9. The number of aromatic nitrogens is 8. The Bertz CT molecular complexity index is 6560. The van der Waals surface area contributed by atoms with Crippen LogP contribution in [0, 0.1) is 36.0 Å². The van der Waals surface area contributed by atoms with Crippen molar-refractivity contribution in [2.75, 3.05) is 69.8 Å². The molecule has 16 rings (SSSR count). The van der Waals surface area contributed by atoms with Gasteiger partial charge in [0.1, 0.15) is 58.2 Å². The minimum atomic E-state index is -0.731.